The van der Waals surface area contributed by atoms with E-state index in [0.717, 1.165) is 22.0 Å². The first-order chi connectivity index (χ1) is 17.8. The summed E-state index contributed by atoms with van der Waals surface area (Å²) in [6, 6.07) is 26.8. The minimum atomic E-state index is -1.08. The fraction of sp³-hybridized carbons (Fsp3) is 0.200. The Balaban J connectivity index is 1.60. The van der Waals surface area contributed by atoms with Crippen LogP contribution in [0.3, 0.4) is 0 Å². The Kier molecular flexibility index (Phi) is 7.93. The minimum absolute atomic E-state index is 0.227. The number of amides is 2. The molecule has 3 aromatic carbocycles. The number of carbonyl (C=O) groups is 3. The first-order valence-corrected chi connectivity index (χ1v) is 12.1. The molecule has 0 radical (unpaired) electrons. The fourth-order valence-corrected chi connectivity index (χ4v) is 4.12. The van der Waals surface area contributed by atoms with Gasteiger partial charge in [0.05, 0.1) is 5.52 Å². The second-order valence-corrected chi connectivity index (χ2v) is 9.27. The van der Waals surface area contributed by atoms with Crippen molar-refractivity contribution in [2.45, 2.75) is 33.0 Å². The van der Waals surface area contributed by atoms with Crippen LogP contribution in [-0.4, -0.2) is 38.8 Å². The molecular formula is C30H29N3O4. The summed E-state index contributed by atoms with van der Waals surface area (Å²) in [5, 5.41) is 13.0. The highest BCUT2D eigenvalue weighted by Gasteiger charge is 2.24. The normalized spacial score (nSPS) is 11.8. The van der Waals surface area contributed by atoms with Gasteiger partial charge in [0.25, 0.3) is 11.8 Å². The Hall–Kier alpha value is -4.52. The smallest absolute Gasteiger partial charge is 0.326 e. The second kappa shape index (κ2) is 11.5. The van der Waals surface area contributed by atoms with Crippen molar-refractivity contribution in [1.82, 2.24) is 15.2 Å². The number of benzene rings is 3. The predicted molar refractivity (Wildman–Crippen MR) is 142 cm³/mol. The molecule has 4 rings (SSSR count). The van der Waals surface area contributed by atoms with Crippen LogP contribution in [0, 0.1) is 5.92 Å². The van der Waals surface area contributed by atoms with Gasteiger partial charge in [0.1, 0.15) is 11.7 Å². The Morgan fingerprint density at radius 1 is 0.838 bits per heavy atom. The van der Waals surface area contributed by atoms with Gasteiger partial charge in [-0.15, -0.1) is 0 Å². The number of nitrogens with zero attached hydrogens (tertiary/aromatic N) is 2. The molecule has 0 unspecified atom stereocenters. The molecule has 2 N–H and O–H groups in total. The van der Waals surface area contributed by atoms with E-state index in [1.54, 1.807) is 43.0 Å². The van der Waals surface area contributed by atoms with E-state index in [-0.39, 0.29) is 18.4 Å². The molecular weight excluding hydrogens is 466 g/mol. The number of pyridine rings is 1. The topological polar surface area (TPSA) is 99.6 Å². The SMILES string of the molecule is CC(C)[C@H](NC(=O)c1cccc(CN(Cc2ccccc2)C(=O)c2ccc3ccccc3n2)c1)C(=O)O. The van der Waals surface area contributed by atoms with Crippen molar-refractivity contribution < 1.29 is 19.5 Å². The number of aromatic nitrogens is 1. The number of hydrogen-bond donors (Lipinski definition) is 2. The summed E-state index contributed by atoms with van der Waals surface area (Å²) in [6.07, 6.45) is 0. The molecule has 4 aromatic rings. The average Bonchev–Trinajstić information content (AvgIpc) is 2.91. The van der Waals surface area contributed by atoms with Crippen LogP contribution in [0.25, 0.3) is 10.9 Å². The molecule has 0 aliphatic carbocycles. The second-order valence-electron chi connectivity index (χ2n) is 9.27. The summed E-state index contributed by atoms with van der Waals surface area (Å²) in [5.41, 5.74) is 3.12. The molecule has 1 atom stereocenters. The molecule has 0 bridgehead atoms. The summed E-state index contributed by atoms with van der Waals surface area (Å²) in [5.74, 6) is -2.05. The summed E-state index contributed by atoms with van der Waals surface area (Å²) in [7, 11) is 0. The zero-order chi connectivity index (χ0) is 26.4. The lowest BCUT2D eigenvalue weighted by Crippen LogP contribution is -2.44. The maximum absolute atomic E-state index is 13.6. The van der Waals surface area contributed by atoms with Crippen molar-refractivity contribution in [1.29, 1.82) is 0 Å². The van der Waals surface area contributed by atoms with Crippen LogP contribution in [0.1, 0.15) is 45.8 Å². The molecule has 1 aromatic heterocycles. The summed E-state index contributed by atoms with van der Waals surface area (Å²) in [4.78, 5) is 44.2. The number of aliphatic carboxylic acids is 1. The van der Waals surface area contributed by atoms with Crippen LogP contribution in [0.15, 0.2) is 91.0 Å². The van der Waals surface area contributed by atoms with Crippen molar-refractivity contribution in [3.63, 3.8) is 0 Å². The molecule has 0 fully saturated rings. The maximum Gasteiger partial charge on any atom is 0.326 e. The Morgan fingerprint density at radius 2 is 1.51 bits per heavy atom. The van der Waals surface area contributed by atoms with Crippen molar-refractivity contribution in [3.05, 3.63) is 113 Å². The highest BCUT2D eigenvalue weighted by Crippen LogP contribution is 2.18. The summed E-state index contributed by atoms with van der Waals surface area (Å²) in [6.45, 7) is 4.09. The lowest BCUT2D eigenvalue weighted by molar-refractivity contribution is -0.140. The van der Waals surface area contributed by atoms with Gasteiger partial charge in [0, 0.05) is 24.0 Å². The molecule has 7 heteroatoms. The monoisotopic (exact) mass is 495 g/mol. The number of carbonyl (C=O) groups excluding carboxylic acids is 2. The predicted octanol–water partition coefficient (Wildman–Crippen LogP) is 4.92. The first-order valence-electron chi connectivity index (χ1n) is 12.1. The van der Waals surface area contributed by atoms with Crippen molar-refractivity contribution in [2.75, 3.05) is 0 Å². The summed E-state index contributed by atoms with van der Waals surface area (Å²) < 4.78 is 0. The summed E-state index contributed by atoms with van der Waals surface area (Å²) >= 11 is 0. The van der Waals surface area contributed by atoms with E-state index in [1.165, 1.54) is 0 Å². The number of rotatable bonds is 9. The van der Waals surface area contributed by atoms with E-state index in [1.807, 2.05) is 66.7 Å². The Morgan fingerprint density at radius 3 is 2.24 bits per heavy atom. The number of nitrogens with one attached hydrogen (secondary N) is 1. The van der Waals surface area contributed by atoms with E-state index >= 15 is 0 Å². The van der Waals surface area contributed by atoms with E-state index in [0.29, 0.717) is 17.8 Å². The zero-order valence-corrected chi connectivity index (χ0v) is 20.8. The van der Waals surface area contributed by atoms with Gasteiger partial charge in [-0.2, -0.15) is 0 Å². The van der Waals surface area contributed by atoms with Crippen molar-refractivity contribution in [3.8, 4) is 0 Å². The average molecular weight is 496 g/mol. The third kappa shape index (κ3) is 6.38. The minimum Gasteiger partial charge on any atom is -0.480 e. The largest absolute Gasteiger partial charge is 0.480 e. The number of carboxylic acids is 1. The van der Waals surface area contributed by atoms with E-state index in [4.69, 9.17) is 0 Å². The van der Waals surface area contributed by atoms with Crippen LogP contribution in [0.2, 0.25) is 0 Å². The zero-order valence-electron chi connectivity index (χ0n) is 20.8. The number of para-hydroxylation sites is 1. The van der Waals surface area contributed by atoms with Crippen LogP contribution in [-0.2, 0) is 17.9 Å². The number of carboxylic acid groups (broad SMARTS) is 1. The molecule has 0 aliphatic rings. The lowest BCUT2D eigenvalue weighted by atomic mass is 10.0. The van der Waals surface area contributed by atoms with Crippen LogP contribution < -0.4 is 5.32 Å². The van der Waals surface area contributed by atoms with Gasteiger partial charge < -0.3 is 15.3 Å². The van der Waals surface area contributed by atoms with E-state index in [9.17, 15) is 19.5 Å². The van der Waals surface area contributed by atoms with Crippen molar-refractivity contribution >= 4 is 28.7 Å². The van der Waals surface area contributed by atoms with Gasteiger partial charge in [-0.05, 0) is 41.3 Å². The van der Waals surface area contributed by atoms with Crippen LogP contribution >= 0.6 is 0 Å². The molecule has 0 spiro atoms. The lowest BCUT2D eigenvalue weighted by Gasteiger charge is -2.23. The highest BCUT2D eigenvalue weighted by molar-refractivity contribution is 5.97. The number of hydrogen-bond acceptors (Lipinski definition) is 4. The molecule has 1 heterocycles. The van der Waals surface area contributed by atoms with Gasteiger partial charge in [0.15, 0.2) is 0 Å². The van der Waals surface area contributed by atoms with Gasteiger partial charge in [-0.25, -0.2) is 9.78 Å². The van der Waals surface area contributed by atoms with Gasteiger partial charge in [0.2, 0.25) is 0 Å². The Labute approximate surface area is 215 Å². The molecule has 2 amide bonds. The molecule has 188 valence electrons. The van der Waals surface area contributed by atoms with E-state index in [2.05, 4.69) is 10.3 Å². The Bertz CT molecular complexity index is 1420. The van der Waals surface area contributed by atoms with Crippen molar-refractivity contribution in [2.24, 2.45) is 5.92 Å². The first kappa shape index (κ1) is 25.6. The van der Waals surface area contributed by atoms with Gasteiger partial charge >= 0.3 is 5.97 Å². The fourth-order valence-electron chi connectivity index (χ4n) is 4.12. The van der Waals surface area contributed by atoms with Crippen LogP contribution in [0.4, 0.5) is 0 Å². The molecule has 37 heavy (non-hydrogen) atoms. The van der Waals surface area contributed by atoms with Gasteiger partial charge in [-0.3, -0.25) is 9.59 Å². The standard InChI is InChI=1S/C30H29N3O4/c1-20(2)27(30(36)37)32-28(34)24-13-8-11-22(17-24)19-33(18-21-9-4-3-5-10-21)29(35)26-16-15-23-12-6-7-14-25(23)31-26/h3-17,20,27H,18-19H2,1-2H3,(H,32,34)(H,36,37)/t27-/m0/s1. The van der Waals surface area contributed by atoms with Gasteiger partial charge in [-0.1, -0.05) is 80.6 Å². The molecule has 0 saturated carbocycles. The quantitative estimate of drug-likeness (QED) is 0.344. The molecule has 0 saturated heterocycles. The maximum atomic E-state index is 13.6. The number of fused-ring (bicyclic) bond motifs is 1. The third-order valence-electron chi connectivity index (χ3n) is 6.10. The van der Waals surface area contributed by atoms with E-state index < -0.39 is 17.9 Å². The van der Waals surface area contributed by atoms with Crippen LogP contribution in [0.5, 0.6) is 0 Å². The molecule has 7 nitrogen and oxygen atoms in total. The third-order valence-corrected chi connectivity index (χ3v) is 6.10. The molecule has 0 aliphatic heterocycles. The highest BCUT2D eigenvalue weighted by atomic mass is 16.4.